The first kappa shape index (κ1) is 16.0. The van der Waals surface area contributed by atoms with Crippen molar-refractivity contribution in [2.45, 2.75) is 25.5 Å². The third-order valence-corrected chi connectivity index (χ3v) is 3.60. The highest BCUT2D eigenvalue weighted by Crippen LogP contribution is 2.16. The second-order valence-electron chi connectivity index (χ2n) is 5.07. The summed E-state index contributed by atoms with van der Waals surface area (Å²) in [7, 11) is 0. The molecule has 0 aliphatic heterocycles. The standard InChI is InChI=1S/C14H16N6OS/c1-10(2)8-20-14(17-18-19-20)22-9-13(21)16-12-5-3-4-11(6-12)7-15/h3-6,10H,8-9H2,1-2H3,(H,16,21). The van der Waals surface area contributed by atoms with Crippen LogP contribution in [0.3, 0.4) is 0 Å². The Hall–Kier alpha value is -2.40. The quantitative estimate of drug-likeness (QED) is 0.818. The average molecular weight is 316 g/mol. The number of nitriles is 1. The van der Waals surface area contributed by atoms with Crippen LogP contribution in [0.2, 0.25) is 0 Å². The van der Waals surface area contributed by atoms with Crippen molar-refractivity contribution in [2.24, 2.45) is 5.92 Å². The molecular formula is C14H16N6OS. The summed E-state index contributed by atoms with van der Waals surface area (Å²) in [6.07, 6.45) is 0. The molecule has 2 aromatic rings. The molecule has 0 atom stereocenters. The molecule has 0 spiro atoms. The second-order valence-corrected chi connectivity index (χ2v) is 6.01. The summed E-state index contributed by atoms with van der Waals surface area (Å²) in [6, 6.07) is 8.82. The molecule has 0 bridgehead atoms. The van der Waals surface area contributed by atoms with Crippen LogP contribution < -0.4 is 5.32 Å². The molecule has 1 heterocycles. The van der Waals surface area contributed by atoms with Gasteiger partial charge in [-0.25, -0.2) is 4.68 Å². The van der Waals surface area contributed by atoms with E-state index >= 15 is 0 Å². The number of rotatable bonds is 6. The van der Waals surface area contributed by atoms with Crippen molar-refractivity contribution >= 4 is 23.4 Å². The smallest absolute Gasteiger partial charge is 0.234 e. The Bertz CT molecular complexity index is 691. The third kappa shape index (κ3) is 4.56. The van der Waals surface area contributed by atoms with Crippen LogP contribution in [0, 0.1) is 17.2 Å². The van der Waals surface area contributed by atoms with Crippen LogP contribution in [0.1, 0.15) is 19.4 Å². The average Bonchev–Trinajstić information content (AvgIpc) is 2.91. The summed E-state index contributed by atoms with van der Waals surface area (Å²) < 4.78 is 1.69. The first-order valence-corrected chi connectivity index (χ1v) is 7.76. The van der Waals surface area contributed by atoms with E-state index in [9.17, 15) is 4.79 Å². The maximum absolute atomic E-state index is 11.9. The van der Waals surface area contributed by atoms with E-state index in [0.29, 0.717) is 28.9 Å². The molecule has 0 saturated heterocycles. The van der Waals surface area contributed by atoms with Crippen molar-refractivity contribution in [1.29, 1.82) is 5.26 Å². The normalized spacial score (nSPS) is 10.5. The van der Waals surface area contributed by atoms with Crippen LogP contribution >= 0.6 is 11.8 Å². The lowest BCUT2D eigenvalue weighted by molar-refractivity contribution is -0.113. The summed E-state index contributed by atoms with van der Waals surface area (Å²) in [4.78, 5) is 11.9. The van der Waals surface area contributed by atoms with Crippen molar-refractivity contribution in [3.8, 4) is 6.07 Å². The minimum Gasteiger partial charge on any atom is -0.325 e. The molecule has 0 aliphatic rings. The topological polar surface area (TPSA) is 96.5 Å². The molecule has 7 nitrogen and oxygen atoms in total. The number of hydrogen-bond donors (Lipinski definition) is 1. The van der Waals surface area contributed by atoms with Crippen LogP contribution in [-0.4, -0.2) is 31.9 Å². The van der Waals surface area contributed by atoms with Gasteiger partial charge in [0.25, 0.3) is 0 Å². The number of carbonyl (C=O) groups excluding carboxylic acids is 1. The summed E-state index contributed by atoms with van der Waals surface area (Å²) in [6.45, 7) is 4.86. The Morgan fingerprint density at radius 2 is 2.32 bits per heavy atom. The highest BCUT2D eigenvalue weighted by atomic mass is 32.2. The lowest BCUT2D eigenvalue weighted by Crippen LogP contribution is -2.15. The molecule has 114 valence electrons. The Morgan fingerprint density at radius 3 is 3.05 bits per heavy atom. The minimum atomic E-state index is -0.167. The molecule has 0 aliphatic carbocycles. The number of amides is 1. The van der Waals surface area contributed by atoms with Crippen LogP contribution in [0.25, 0.3) is 0 Å². The van der Waals surface area contributed by atoms with Crippen molar-refractivity contribution in [2.75, 3.05) is 11.1 Å². The first-order chi connectivity index (χ1) is 10.6. The van der Waals surface area contributed by atoms with Gasteiger partial charge in [0.15, 0.2) is 0 Å². The van der Waals surface area contributed by atoms with Crippen LogP contribution in [-0.2, 0) is 11.3 Å². The van der Waals surface area contributed by atoms with Crippen molar-refractivity contribution in [1.82, 2.24) is 20.2 Å². The van der Waals surface area contributed by atoms with Gasteiger partial charge in [0.2, 0.25) is 11.1 Å². The van der Waals surface area contributed by atoms with E-state index < -0.39 is 0 Å². The van der Waals surface area contributed by atoms with E-state index in [0.717, 1.165) is 0 Å². The zero-order chi connectivity index (χ0) is 15.9. The Labute approximate surface area is 132 Å². The van der Waals surface area contributed by atoms with E-state index in [1.165, 1.54) is 11.8 Å². The minimum absolute atomic E-state index is 0.167. The molecular weight excluding hydrogens is 300 g/mol. The predicted octanol–water partition coefficient (Wildman–Crippen LogP) is 1.93. The van der Waals surface area contributed by atoms with Gasteiger partial charge >= 0.3 is 0 Å². The molecule has 1 aromatic heterocycles. The number of benzene rings is 1. The largest absolute Gasteiger partial charge is 0.325 e. The number of aromatic nitrogens is 4. The van der Waals surface area contributed by atoms with Gasteiger partial charge in [-0.2, -0.15) is 5.26 Å². The molecule has 22 heavy (non-hydrogen) atoms. The molecule has 8 heteroatoms. The third-order valence-electron chi connectivity index (χ3n) is 2.64. The fraction of sp³-hybridized carbons (Fsp3) is 0.357. The lowest BCUT2D eigenvalue weighted by Gasteiger charge is -2.07. The Balaban J connectivity index is 1.90. The monoisotopic (exact) mass is 316 g/mol. The number of thioether (sulfide) groups is 1. The number of anilines is 1. The zero-order valence-electron chi connectivity index (χ0n) is 12.4. The zero-order valence-corrected chi connectivity index (χ0v) is 13.2. The molecule has 0 radical (unpaired) electrons. The molecule has 1 amide bonds. The van der Waals surface area contributed by atoms with Crippen LogP contribution in [0.5, 0.6) is 0 Å². The van der Waals surface area contributed by atoms with E-state index in [-0.39, 0.29) is 11.7 Å². The van der Waals surface area contributed by atoms with Crippen LogP contribution in [0.4, 0.5) is 5.69 Å². The number of hydrogen-bond acceptors (Lipinski definition) is 6. The van der Waals surface area contributed by atoms with E-state index in [4.69, 9.17) is 5.26 Å². The van der Waals surface area contributed by atoms with E-state index in [2.05, 4.69) is 34.7 Å². The molecule has 1 aromatic carbocycles. The maximum atomic E-state index is 11.9. The van der Waals surface area contributed by atoms with E-state index in [1.807, 2.05) is 6.07 Å². The number of nitrogens with one attached hydrogen (secondary N) is 1. The van der Waals surface area contributed by atoms with Crippen LogP contribution in [0.15, 0.2) is 29.4 Å². The molecule has 0 unspecified atom stereocenters. The van der Waals surface area contributed by atoms with Gasteiger partial charge in [-0.3, -0.25) is 4.79 Å². The first-order valence-electron chi connectivity index (χ1n) is 6.77. The van der Waals surface area contributed by atoms with Crippen molar-refractivity contribution in [3.05, 3.63) is 29.8 Å². The predicted molar refractivity (Wildman–Crippen MR) is 83.2 cm³/mol. The molecule has 0 saturated carbocycles. The number of nitrogens with zero attached hydrogens (tertiary/aromatic N) is 5. The fourth-order valence-corrected chi connectivity index (χ4v) is 2.44. The Kier molecular flexibility index (Phi) is 5.49. The second kappa shape index (κ2) is 7.56. The van der Waals surface area contributed by atoms with Gasteiger partial charge in [-0.15, -0.1) is 5.10 Å². The van der Waals surface area contributed by atoms with Gasteiger partial charge < -0.3 is 5.32 Å². The molecule has 1 N–H and O–H groups in total. The molecule has 2 rings (SSSR count). The number of carbonyl (C=O) groups is 1. The molecule has 0 fully saturated rings. The van der Waals surface area contributed by atoms with Gasteiger partial charge in [-0.05, 0) is 34.5 Å². The van der Waals surface area contributed by atoms with Crippen molar-refractivity contribution in [3.63, 3.8) is 0 Å². The van der Waals surface area contributed by atoms with Gasteiger partial charge in [0.05, 0.1) is 17.4 Å². The van der Waals surface area contributed by atoms with E-state index in [1.54, 1.807) is 28.9 Å². The lowest BCUT2D eigenvalue weighted by atomic mass is 10.2. The van der Waals surface area contributed by atoms with Gasteiger partial charge in [-0.1, -0.05) is 31.7 Å². The van der Waals surface area contributed by atoms with Crippen molar-refractivity contribution < 1.29 is 4.79 Å². The Morgan fingerprint density at radius 1 is 1.50 bits per heavy atom. The summed E-state index contributed by atoms with van der Waals surface area (Å²) >= 11 is 1.28. The highest BCUT2D eigenvalue weighted by Gasteiger charge is 2.11. The van der Waals surface area contributed by atoms with Gasteiger partial charge in [0.1, 0.15) is 0 Å². The highest BCUT2D eigenvalue weighted by molar-refractivity contribution is 7.99. The SMILES string of the molecule is CC(C)Cn1nnnc1SCC(=O)Nc1cccc(C#N)c1. The summed E-state index contributed by atoms with van der Waals surface area (Å²) in [5, 5.41) is 23.7. The summed E-state index contributed by atoms with van der Waals surface area (Å²) in [5.74, 6) is 0.458. The fourth-order valence-electron chi connectivity index (χ4n) is 1.75. The van der Waals surface area contributed by atoms with Gasteiger partial charge in [0, 0.05) is 12.2 Å². The number of tetrazole rings is 1. The summed E-state index contributed by atoms with van der Waals surface area (Å²) in [5.41, 5.74) is 1.11. The maximum Gasteiger partial charge on any atom is 0.234 e.